The number of methoxy groups -OCH3 is 1. The molecule has 1 unspecified atom stereocenters. The van der Waals surface area contributed by atoms with E-state index in [9.17, 15) is 4.79 Å². The maximum atomic E-state index is 11.5. The van der Waals surface area contributed by atoms with Gasteiger partial charge >= 0.3 is 0 Å². The third kappa shape index (κ3) is 7.33. The Morgan fingerprint density at radius 2 is 2.07 bits per heavy atom. The Balaban J connectivity index is 3.78. The van der Waals surface area contributed by atoms with Crippen molar-refractivity contribution in [2.45, 2.75) is 33.2 Å². The molecule has 0 heterocycles. The van der Waals surface area contributed by atoms with Crippen LogP contribution in [0.5, 0.6) is 0 Å². The number of hydrogen-bond acceptors (Lipinski definition) is 3. The number of hydrogen-bond donors (Lipinski definition) is 2. The lowest BCUT2D eigenvalue weighted by molar-refractivity contribution is -0.122. The molecule has 1 atom stereocenters. The topological polar surface area (TPSA) is 50.4 Å². The third-order valence-corrected chi connectivity index (χ3v) is 2.28. The van der Waals surface area contributed by atoms with Gasteiger partial charge in [0, 0.05) is 20.1 Å². The molecule has 0 aliphatic heterocycles. The van der Waals surface area contributed by atoms with E-state index in [0.717, 1.165) is 13.1 Å². The van der Waals surface area contributed by atoms with E-state index in [1.165, 1.54) is 0 Å². The number of carbonyl (C=O) groups excluding carboxylic acids is 1. The van der Waals surface area contributed by atoms with Gasteiger partial charge in [0.1, 0.15) is 0 Å². The molecule has 0 aromatic heterocycles. The molecular weight excluding hydrogens is 192 g/mol. The Kier molecular flexibility index (Phi) is 8.33. The van der Waals surface area contributed by atoms with Gasteiger partial charge in [0.05, 0.1) is 12.6 Å². The van der Waals surface area contributed by atoms with Gasteiger partial charge in [-0.1, -0.05) is 20.8 Å². The van der Waals surface area contributed by atoms with E-state index >= 15 is 0 Å². The molecule has 0 radical (unpaired) electrons. The first-order valence-corrected chi connectivity index (χ1v) is 5.60. The number of carbonyl (C=O) groups is 1. The lowest BCUT2D eigenvalue weighted by Crippen LogP contribution is -2.42. The fourth-order valence-corrected chi connectivity index (χ4v) is 1.24. The van der Waals surface area contributed by atoms with Crippen LogP contribution in [0.25, 0.3) is 0 Å². The normalized spacial score (nSPS) is 12.9. The summed E-state index contributed by atoms with van der Waals surface area (Å²) < 4.78 is 5.06. The van der Waals surface area contributed by atoms with Gasteiger partial charge in [-0.2, -0.15) is 0 Å². The van der Waals surface area contributed by atoms with Crippen molar-refractivity contribution >= 4 is 5.91 Å². The van der Waals surface area contributed by atoms with Gasteiger partial charge in [-0.05, 0) is 12.5 Å². The van der Waals surface area contributed by atoms with Gasteiger partial charge < -0.3 is 15.4 Å². The Morgan fingerprint density at radius 3 is 2.53 bits per heavy atom. The van der Waals surface area contributed by atoms with Gasteiger partial charge in [0.2, 0.25) is 5.91 Å². The molecule has 0 aliphatic carbocycles. The minimum absolute atomic E-state index is 0.0895. The zero-order valence-corrected chi connectivity index (χ0v) is 10.3. The van der Waals surface area contributed by atoms with Gasteiger partial charge in [-0.3, -0.25) is 4.79 Å². The number of nitrogens with one attached hydrogen (secondary N) is 2. The summed E-state index contributed by atoms with van der Waals surface area (Å²) in [6.07, 6.45) is 0.529. The predicted molar refractivity (Wildman–Crippen MR) is 61.8 cm³/mol. The highest BCUT2D eigenvalue weighted by molar-refractivity contribution is 5.76. The Labute approximate surface area is 92.8 Å². The lowest BCUT2D eigenvalue weighted by Gasteiger charge is -2.21. The highest BCUT2D eigenvalue weighted by atomic mass is 16.5. The van der Waals surface area contributed by atoms with Crippen LogP contribution in [0.15, 0.2) is 0 Å². The molecule has 0 aromatic carbocycles. The second-order valence-electron chi connectivity index (χ2n) is 3.98. The highest BCUT2D eigenvalue weighted by Crippen LogP contribution is 2.01. The van der Waals surface area contributed by atoms with Crippen LogP contribution < -0.4 is 10.6 Å². The first-order chi connectivity index (χ1) is 7.11. The number of amides is 1. The Bertz CT molecular complexity index is 172. The molecule has 0 fully saturated rings. The van der Waals surface area contributed by atoms with E-state index in [1.807, 2.05) is 6.92 Å². The summed E-state index contributed by atoms with van der Waals surface area (Å²) in [4.78, 5) is 11.5. The predicted octanol–water partition coefficient (Wildman–Crippen LogP) is 0.773. The molecule has 4 heteroatoms. The average Bonchev–Trinajstić information content (AvgIpc) is 2.17. The van der Waals surface area contributed by atoms with Gasteiger partial charge in [0.15, 0.2) is 0 Å². The highest BCUT2D eigenvalue weighted by Gasteiger charge is 2.15. The summed E-state index contributed by atoms with van der Waals surface area (Å²) in [6, 6.07) is 0.115. The SMILES string of the molecule is CCNCCC(=O)NC(COC)C(C)C. The van der Waals surface area contributed by atoms with Crippen molar-refractivity contribution in [3.63, 3.8) is 0 Å². The summed E-state index contributed by atoms with van der Waals surface area (Å²) in [7, 11) is 1.65. The van der Waals surface area contributed by atoms with Gasteiger partial charge in [0.25, 0.3) is 0 Å². The smallest absolute Gasteiger partial charge is 0.221 e. The van der Waals surface area contributed by atoms with E-state index in [0.29, 0.717) is 18.9 Å². The molecule has 4 nitrogen and oxygen atoms in total. The fraction of sp³-hybridized carbons (Fsp3) is 0.909. The summed E-state index contributed by atoms with van der Waals surface area (Å²) in [5, 5.41) is 6.09. The second-order valence-corrected chi connectivity index (χ2v) is 3.98. The van der Waals surface area contributed by atoms with E-state index in [2.05, 4.69) is 24.5 Å². The Hall–Kier alpha value is -0.610. The van der Waals surface area contributed by atoms with E-state index in [-0.39, 0.29) is 11.9 Å². The van der Waals surface area contributed by atoms with Crippen molar-refractivity contribution in [1.29, 1.82) is 0 Å². The van der Waals surface area contributed by atoms with Gasteiger partial charge in [-0.25, -0.2) is 0 Å². The van der Waals surface area contributed by atoms with Crippen molar-refractivity contribution in [3.8, 4) is 0 Å². The molecule has 0 aliphatic rings. The molecule has 0 spiro atoms. The first kappa shape index (κ1) is 14.4. The third-order valence-electron chi connectivity index (χ3n) is 2.28. The van der Waals surface area contributed by atoms with Crippen molar-refractivity contribution in [2.24, 2.45) is 5.92 Å². The second kappa shape index (κ2) is 8.68. The minimum atomic E-state index is 0.0895. The van der Waals surface area contributed by atoms with E-state index < -0.39 is 0 Å². The van der Waals surface area contributed by atoms with Crippen LogP contribution >= 0.6 is 0 Å². The lowest BCUT2D eigenvalue weighted by atomic mass is 10.1. The van der Waals surface area contributed by atoms with Crippen LogP contribution in [0.3, 0.4) is 0 Å². The molecular formula is C11H24N2O2. The molecule has 0 saturated carbocycles. The largest absolute Gasteiger partial charge is 0.383 e. The van der Waals surface area contributed by atoms with E-state index in [4.69, 9.17) is 4.74 Å². The maximum Gasteiger partial charge on any atom is 0.221 e. The molecule has 0 saturated heterocycles. The molecule has 90 valence electrons. The molecule has 15 heavy (non-hydrogen) atoms. The monoisotopic (exact) mass is 216 g/mol. The standard InChI is InChI=1S/C11H24N2O2/c1-5-12-7-6-11(14)13-10(8-15-4)9(2)3/h9-10,12H,5-8H2,1-4H3,(H,13,14). The quantitative estimate of drug-likeness (QED) is 0.589. The zero-order valence-electron chi connectivity index (χ0n) is 10.3. The maximum absolute atomic E-state index is 11.5. The summed E-state index contributed by atoms with van der Waals surface area (Å²) in [6.45, 7) is 8.39. The van der Waals surface area contributed by atoms with Crippen LogP contribution in [0, 0.1) is 5.92 Å². The molecule has 0 rings (SSSR count). The number of rotatable bonds is 8. The Morgan fingerprint density at radius 1 is 1.40 bits per heavy atom. The van der Waals surface area contributed by atoms with Crippen LogP contribution in [0.2, 0.25) is 0 Å². The summed E-state index contributed by atoms with van der Waals surface area (Å²) in [5.74, 6) is 0.486. The van der Waals surface area contributed by atoms with Crippen molar-refractivity contribution in [1.82, 2.24) is 10.6 Å². The number of ether oxygens (including phenoxy) is 1. The van der Waals surface area contributed by atoms with Crippen LogP contribution in [-0.2, 0) is 9.53 Å². The molecule has 2 N–H and O–H groups in total. The molecule has 0 bridgehead atoms. The molecule has 1 amide bonds. The van der Waals surface area contributed by atoms with Gasteiger partial charge in [-0.15, -0.1) is 0 Å². The minimum Gasteiger partial charge on any atom is -0.383 e. The van der Waals surface area contributed by atoms with Crippen LogP contribution in [0.1, 0.15) is 27.2 Å². The first-order valence-electron chi connectivity index (χ1n) is 5.60. The average molecular weight is 216 g/mol. The zero-order chi connectivity index (χ0) is 11.7. The fourth-order valence-electron chi connectivity index (χ4n) is 1.24. The van der Waals surface area contributed by atoms with Crippen LogP contribution in [-0.4, -0.2) is 38.8 Å². The molecule has 0 aromatic rings. The van der Waals surface area contributed by atoms with E-state index in [1.54, 1.807) is 7.11 Å². The van der Waals surface area contributed by atoms with Crippen molar-refractivity contribution in [3.05, 3.63) is 0 Å². The van der Waals surface area contributed by atoms with Crippen LogP contribution in [0.4, 0.5) is 0 Å². The van der Waals surface area contributed by atoms with Crippen molar-refractivity contribution < 1.29 is 9.53 Å². The summed E-state index contributed by atoms with van der Waals surface area (Å²) >= 11 is 0. The summed E-state index contributed by atoms with van der Waals surface area (Å²) in [5.41, 5.74) is 0. The van der Waals surface area contributed by atoms with Crippen molar-refractivity contribution in [2.75, 3.05) is 26.8 Å².